The van der Waals surface area contributed by atoms with Crippen LogP contribution in [0.15, 0.2) is 18.3 Å². The quantitative estimate of drug-likeness (QED) is 0.810. The van der Waals surface area contributed by atoms with E-state index in [1.165, 1.54) is 12.3 Å². The van der Waals surface area contributed by atoms with Crippen LogP contribution in [0.25, 0.3) is 0 Å². The van der Waals surface area contributed by atoms with Crippen LogP contribution in [-0.4, -0.2) is 59.7 Å². The number of carbonyl (C=O) groups is 2. The zero-order valence-electron chi connectivity index (χ0n) is 18.2. The molecule has 1 fully saturated rings. The van der Waals surface area contributed by atoms with Crippen molar-refractivity contribution in [2.45, 2.75) is 65.1 Å². The number of likely N-dealkylation sites (tertiary alicyclic amines) is 1. The number of nitrogens with zero attached hydrogens (tertiary/aromatic N) is 3. The molecule has 29 heavy (non-hydrogen) atoms. The minimum atomic E-state index is -0.627. The van der Waals surface area contributed by atoms with Crippen LogP contribution in [0.2, 0.25) is 0 Å². The monoisotopic (exact) mass is 408 g/mol. The highest BCUT2D eigenvalue weighted by Gasteiger charge is 2.33. The second-order valence-corrected chi connectivity index (χ2v) is 8.87. The van der Waals surface area contributed by atoms with E-state index in [1.54, 1.807) is 31.7 Å². The molecule has 0 aromatic carbocycles. The molecule has 0 saturated carbocycles. The molecule has 0 radical (unpaired) electrons. The van der Waals surface area contributed by atoms with Crippen LogP contribution in [-0.2, 0) is 9.53 Å². The Balaban J connectivity index is 1.94. The Morgan fingerprint density at radius 2 is 1.90 bits per heavy atom. The predicted octanol–water partition coefficient (Wildman–Crippen LogP) is 3.20. The predicted molar refractivity (Wildman–Crippen MR) is 110 cm³/mol. The number of aromatic nitrogens is 1. The van der Waals surface area contributed by atoms with Crippen molar-refractivity contribution >= 4 is 17.8 Å². The van der Waals surface area contributed by atoms with E-state index in [0.29, 0.717) is 18.9 Å². The van der Waals surface area contributed by atoms with Crippen LogP contribution >= 0.6 is 0 Å². The third-order valence-electron chi connectivity index (χ3n) is 5.00. The molecule has 0 bridgehead atoms. The highest BCUT2D eigenvalue weighted by molar-refractivity contribution is 5.86. The van der Waals surface area contributed by atoms with Crippen LogP contribution in [0.5, 0.6) is 0 Å². The fourth-order valence-corrected chi connectivity index (χ4v) is 3.38. The van der Waals surface area contributed by atoms with Gasteiger partial charge in [-0.05, 0) is 51.7 Å². The molecule has 1 aliphatic heterocycles. The number of piperidine rings is 1. The molecule has 1 aromatic heterocycles. The fraction of sp³-hybridized carbons (Fsp3) is 0.667. The largest absolute Gasteiger partial charge is 0.444 e. The lowest BCUT2D eigenvalue weighted by Crippen LogP contribution is -2.55. The van der Waals surface area contributed by atoms with Crippen molar-refractivity contribution in [3.63, 3.8) is 0 Å². The molecule has 8 heteroatoms. The van der Waals surface area contributed by atoms with Crippen molar-refractivity contribution in [2.24, 2.45) is 5.92 Å². The number of rotatable bonds is 5. The minimum absolute atomic E-state index is 0.0566. The molecule has 0 spiro atoms. The second-order valence-electron chi connectivity index (χ2n) is 8.87. The highest BCUT2D eigenvalue weighted by atomic mass is 19.1. The lowest BCUT2D eigenvalue weighted by molar-refractivity contribution is -0.135. The van der Waals surface area contributed by atoms with Crippen LogP contribution in [0.1, 0.15) is 47.5 Å². The zero-order chi connectivity index (χ0) is 21.8. The zero-order valence-corrected chi connectivity index (χ0v) is 18.2. The van der Waals surface area contributed by atoms with E-state index in [2.05, 4.69) is 10.3 Å². The number of alkyl carbamates (subject to hydrolysis) is 1. The molecule has 1 aromatic rings. The molecule has 2 heterocycles. The number of anilines is 1. The smallest absolute Gasteiger partial charge is 0.408 e. The summed E-state index contributed by atoms with van der Waals surface area (Å²) in [6.07, 6.45) is 2.18. The topological polar surface area (TPSA) is 74.8 Å². The lowest BCUT2D eigenvalue weighted by atomic mass is 9.99. The van der Waals surface area contributed by atoms with Crippen molar-refractivity contribution in [1.29, 1.82) is 0 Å². The van der Waals surface area contributed by atoms with Gasteiger partial charge >= 0.3 is 6.09 Å². The molecule has 162 valence electrons. The summed E-state index contributed by atoms with van der Waals surface area (Å²) in [5, 5.41) is 2.73. The molecular weight excluding hydrogens is 375 g/mol. The highest BCUT2D eigenvalue weighted by Crippen LogP contribution is 2.22. The minimum Gasteiger partial charge on any atom is -0.444 e. The van der Waals surface area contributed by atoms with E-state index >= 15 is 0 Å². The van der Waals surface area contributed by atoms with Crippen molar-refractivity contribution < 1.29 is 18.7 Å². The lowest BCUT2D eigenvalue weighted by Gasteiger charge is -2.39. The maximum absolute atomic E-state index is 13.1. The van der Waals surface area contributed by atoms with Crippen LogP contribution in [0.4, 0.5) is 15.0 Å². The summed E-state index contributed by atoms with van der Waals surface area (Å²) in [4.78, 5) is 33.1. The number of carbonyl (C=O) groups excluding carboxylic acids is 2. The van der Waals surface area contributed by atoms with E-state index in [9.17, 15) is 14.0 Å². The van der Waals surface area contributed by atoms with Gasteiger partial charge in [0, 0.05) is 26.2 Å². The summed E-state index contributed by atoms with van der Waals surface area (Å²) >= 11 is 0. The van der Waals surface area contributed by atoms with Gasteiger partial charge in [-0.3, -0.25) is 4.79 Å². The third-order valence-corrected chi connectivity index (χ3v) is 5.00. The Bertz CT molecular complexity index is 695. The maximum atomic E-state index is 13.1. The first kappa shape index (κ1) is 22.9. The summed E-state index contributed by atoms with van der Waals surface area (Å²) < 4.78 is 18.4. The Hall–Kier alpha value is -2.38. The summed E-state index contributed by atoms with van der Waals surface area (Å²) in [7, 11) is 1.93. The number of hydrogen-bond acceptors (Lipinski definition) is 5. The first-order valence-electron chi connectivity index (χ1n) is 10.1. The van der Waals surface area contributed by atoms with E-state index in [1.807, 2.05) is 25.8 Å². The number of ether oxygens (including phenoxy) is 1. The molecule has 2 amide bonds. The van der Waals surface area contributed by atoms with E-state index < -0.39 is 17.7 Å². The van der Waals surface area contributed by atoms with Crippen molar-refractivity contribution in [3.8, 4) is 0 Å². The molecule has 1 N–H and O–H groups in total. The van der Waals surface area contributed by atoms with Crippen molar-refractivity contribution in [2.75, 3.05) is 25.0 Å². The van der Waals surface area contributed by atoms with Gasteiger partial charge in [0.15, 0.2) is 0 Å². The standard InChI is InChI=1S/C21H33FN4O3/c1-14(2)18(24-20(28)29-21(3,4)5)19(27)26-11-9-16(10-12-26)25(6)17-8-7-15(22)13-23-17/h7-8,13-14,16,18H,9-12H2,1-6H3,(H,24,28)/t18-/m0/s1. The third kappa shape index (κ3) is 6.58. The molecule has 0 unspecified atom stereocenters. The van der Waals surface area contributed by atoms with Gasteiger partial charge in [-0.15, -0.1) is 0 Å². The molecule has 1 saturated heterocycles. The Labute approximate surface area is 172 Å². The molecule has 1 atom stereocenters. The number of pyridine rings is 1. The van der Waals surface area contributed by atoms with Crippen LogP contribution < -0.4 is 10.2 Å². The molecular formula is C21H33FN4O3. The van der Waals surface area contributed by atoms with Crippen molar-refractivity contribution in [3.05, 3.63) is 24.1 Å². The fourth-order valence-electron chi connectivity index (χ4n) is 3.38. The van der Waals surface area contributed by atoms with Gasteiger partial charge in [-0.1, -0.05) is 13.8 Å². The van der Waals surface area contributed by atoms with Crippen LogP contribution in [0.3, 0.4) is 0 Å². The van der Waals surface area contributed by atoms with Gasteiger partial charge < -0.3 is 19.9 Å². The Morgan fingerprint density at radius 1 is 1.28 bits per heavy atom. The Kier molecular flexibility index (Phi) is 7.43. The molecule has 1 aliphatic rings. The second kappa shape index (κ2) is 9.41. The number of halogens is 1. The number of nitrogens with one attached hydrogen (secondary N) is 1. The van der Waals surface area contributed by atoms with E-state index in [-0.39, 0.29) is 23.7 Å². The summed E-state index contributed by atoms with van der Waals surface area (Å²) in [6, 6.07) is 2.64. The molecule has 0 aliphatic carbocycles. The normalized spacial score (nSPS) is 16.5. The summed E-state index contributed by atoms with van der Waals surface area (Å²) in [5.41, 5.74) is -0.619. The number of amides is 2. The summed E-state index contributed by atoms with van der Waals surface area (Å²) in [6.45, 7) is 10.4. The van der Waals surface area contributed by atoms with Gasteiger partial charge in [0.05, 0.1) is 6.20 Å². The van der Waals surface area contributed by atoms with Gasteiger partial charge in [0.25, 0.3) is 0 Å². The van der Waals surface area contributed by atoms with Gasteiger partial charge in [0.2, 0.25) is 5.91 Å². The average molecular weight is 409 g/mol. The van der Waals surface area contributed by atoms with Gasteiger partial charge in [0.1, 0.15) is 23.3 Å². The Morgan fingerprint density at radius 3 is 2.38 bits per heavy atom. The van der Waals surface area contributed by atoms with E-state index in [0.717, 1.165) is 12.8 Å². The van der Waals surface area contributed by atoms with Crippen molar-refractivity contribution in [1.82, 2.24) is 15.2 Å². The first-order valence-corrected chi connectivity index (χ1v) is 10.1. The SMILES string of the molecule is CC(C)[C@H](NC(=O)OC(C)(C)C)C(=O)N1CCC(N(C)c2ccc(F)cn2)CC1. The maximum Gasteiger partial charge on any atom is 0.408 e. The molecule has 7 nitrogen and oxygen atoms in total. The van der Waals surface area contributed by atoms with Gasteiger partial charge in [-0.2, -0.15) is 0 Å². The first-order chi connectivity index (χ1) is 13.5. The average Bonchev–Trinajstić information content (AvgIpc) is 2.64. The summed E-state index contributed by atoms with van der Waals surface area (Å²) in [5.74, 6) is 0.202. The molecule has 2 rings (SSSR count). The number of hydrogen-bond donors (Lipinski definition) is 1. The van der Waals surface area contributed by atoms with E-state index in [4.69, 9.17) is 4.74 Å². The van der Waals surface area contributed by atoms with Crippen LogP contribution in [0, 0.1) is 11.7 Å². The van der Waals surface area contributed by atoms with Gasteiger partial charge in [-0.25, -0.2) is 14.2 Å².